The predicted molar refractivity (Wildman–Crippen MR) is 152 cm³/mol. The lowest BCUT2D eigenvalue weighted by molar-refractivity contribution is 0.103. The molecule has 2 heterocycles. The Bertz CT molecular complexity index is 1780. The van der Waals surface area contributed by atoms with Gasteiger partial charge in [0.15, 0.2) is 0 Å². The van der Waals surface area contributed by atoms with Crippen molar-refractivity contribution in [2.24, 2.45) is 5.41 Å². The number of para-hydroxylation sites is 1. The minimum Gasteiger partial charge on any atom is -0.493 e. The number of hydrogen-bond acceptors (Lipinski definition) is 6. The molecule has 9 heteroatoms. The van der Waals surface area contributed by atoms with Crippen LogP contribution in [-0.2, 0) is 10.0 Å². The van der Waals surface area contributed by atoms with Gasteiger partial charge in [-0.05, 0) is 60.9 Å². The summed E-state index contributed by atoms with van der Waals surface area (Å²) in [6.45, 7) is 8.72. The molecule has 39 heavy (non-hydrogen) atoms. The molecule has 0 unspecified atom stereocenters. The van der Waals surface area contributed by atoms with E-state index in [0.717, 1.165) is 9.54 Å². The molecule has 0 fully saturated rings. The second kappa shape index (κ2) is 9.74. The van der Waals surface area contributed by atoms with Crippen molar-refractivity contribution in [1.29, 1.82) is 0 Å². The third-order valence-electron chi connectivity index (χ3n) is 6.26. The van der Waals surface area contributed by atoms with Gasteiger partial charge >= 0.3 is 0 Å². The van der Waals surface area contributed by atoms with Gasteiger partial charge in [-0.15, -0.1) is 0 Å². The van der Waals surface area contributed by atoms with Crippen LogP contribution < -0.4 is 10.5 Å². The van der Waals surface area contributed by atoms with Crippen LogP contribution in [0.15, 0.2) is 90.0 Å². The molecule has 0 aliphatic rings. The van der Waals surface area contributed by atoms with Crippen LogP contribution in [0.25, 0.3) is 16.6 Å². The van der Waals surface area contributed by atoms with E-state index in [2.05, 4.69) is 25.9 Å². The van der Waals surface area contributed by atoms with Gasteiger partial charge in [-0.1, -0.05) is 56.7 Å². The Kier molecular flexibility index (Phi) is 6.56. The Balaban J connectivity index is 1.54. The lowest BCUT2D eigenvalue weighted by Gasteiger charge is -2.18. The van der Waals surface area contributed by atoms with Crippen LogP contribution in [-0.4, -0.2) is 34.6 Å². The van der Waals surface area contributed by atoms with Crippen molar-refractivity contribution in [2.75, 3.05) is 12.3 Å². The molecule has 0 radical (unpaired) electrons. The molecule has 0 aliphatic heterocycles. The lowest BCUT2D eigenvalue weighted by atomic mass is 9.99. The molecule has 0 spiro atoms. The summed E-state index contributed by atoms with van der Waals surface area (Å²) in [6, 6.07) is 22.3. The van der Waals surface area contributed by atoms with Gasteiger partial charge in [0.1, 0.15) is 17.3 Å². The highest BCUT2D eigenvalue weighted by Crippen LogP contribution is 2.29. The van der Waals surface area contributed by atoms with Crippen molar-refractivity contribution in [2.45, 2.75) is 32.6 Å². The van der Waals surface area contributed by atoms with Gasteiger partial charge in [-0.2, -0.15) is 5.10 Å². The fourth-order valence-corrected chi connectivity index (χ4v) is 5.73. The van der Waals surface area contributed by atoms with Crippen molar-refractivity contribution in [3.63, 3.8) is 0 Å². The highest BCUT2D eigenvalue weighted by molar-refractivity contribution is 7.90. The minimum absolute atomic E-state index is 0.0195. The molecular formula is C30H30N4O4S. The van der Waals surface area contributed by atoms with Crippen molar-refractivity contribution in [3.05, 3.63) is 102 Å². The highest BCUT2D eigenvalue weighted by atomic mass is 32.2. The van der Waals surface area contributed by atoms with Crippen LogP contribution in [0.2, 0.25) is 0 Å². The topological polar surface area (TPSA) is 109 Å². The Morgan fingerprint density at radius 2 is 1.64 bits per heavy atom. The quantitative estimate of drug-likeness (QED) is 0.268. The van der Waals surface area contributed by atoms with Crippen molar-refractivity contribution in [3.8, 4) is 11.4 Å². The van der Waals surface area contributed by atoms with Crippen LogP contribution in [0.3, 0.4) is 0 Å². The van der Waals surface area contributed by atoms with Gasteiger partial charge in [0.05, 0.1) is 34.5 Å². The average Bonchev–Trinajstić information content (AvgIpc) is 3.48. The molecule has 8 nitrogen and oxygen atoms in total. The monoisotopic (exact) mass is 542 g/mol. The van der Waals surface area contributed by atoms with Crippen LogP contribution in [0.5, 0.6) is 5.75 Å². The fraction of sp³-hybridized carbons (Fsp3) is 0.200. The third kappa shape index (κ3) is 5.05. The predicted octanol–water partition coefficient (Wildman–Crippen LogP) is 5.61. The second-order valence-corrected chi connectivity index (χ2v) is 12.5. The number of anilines is 1. The molecule has 200 valence electrons. The smallest absolute Gasteiger partial charge is 0.268 e. The Morgan fingerprint density at radius 1 is 0.974 bits per heavy atom. The first-order valence-corrected chi connectivity index (χ1v) is 13.9. The van der Waals surface area contributed by atoms with Crippen LogP contribution in [0, 0.1) is 12.3 Å². The number of nitrogen functional groups attached to an aromatic ring is 1. The third-order valence-corrected chi connectivity index (χ3v) is 8.00. The van der Waals surface area contributed by atoms with E-state index in [1.54, 1.807) is 54.6 Å². The maximum atomic E-state index is 13.8. The zero-order valence-electron chi connectivity index (χ0n) is 22.3. The van der Waals surface area contributed by atoms with Gasteiger partial charge in [-0.25, -0.2) is 17.1 Å². The number of ether oxygens (including phenoxy) is 1. The number of nitrogens with zero attached hydrogens (tertiary/aromatic N) is 3. The zero-order chi connectivity index (χ0) is 27.9. The Hall–Kier alpha value is -4.37. The highest BCUT2D eigenvalue weighted by Gasteiger charge is 2.29. The first-order valence-electron chi connectivity index (χ1n) is 12.5. The van der Waals surface area contributed by atoms with E-state index in [1.807, 2.05) is 19.1 Å². The SMILES string of the molecule is Cc1ccc(S(=O)(=O)n2c(C(=O)c3cnn(-c4ccc(OCC(C)(C)C)cc4)c3N)cc3ccccc32)cc1. The summed E-state index contributed by atoms with van der Waals surface area (Å²) in [5.74, 6) is 0.269. The lowest BCUT2D eigenvalue weighted by Crippen LogP contribution is -2.19. The summed E-state index contributed by atoms with van der Waals surface area (Å²) in [6.07, 6.45) is 1.36. The van der Waals surface area contributed by atoms with Gasteiger partial charge < -0.3 is 10.5 Å². The number of fused-ring (bicyclic) bond motifs is 1. The number of carbonyl (C=O) groups is 1. The Morgan fingerprint density at radius 3 is 2.31 bits per heavy atom. The number of carbonyl (C=O) groups excluding carboxylic acids is 1. The first-order chi connectivity index (χ1) is 18.5. The Labute approximate surface area is 227 Å². The number of benzene rings is 3. The van der Waals surface area contributed by atoms with Crippen LogP contribution in [0.4, 0.5) is 5.82 Å². The van der Waals surface area contributed by atoms with E-state index >= 15 is 0 Å². The zero-order valence-corrected chi connectivity index (χ0v) is 23.1. The van der Waals surface area contributed by atoms with E-state index in [-0.39, 0.29) is 27.4 Å². The number of nitrogens with two attached hydrogens (primary N) is 1. The van der Waals surface area contributed by atoms with E-state index in [1.165, 1.54) is 23.0 Å². The standard InChI is InChI=1S/C30H30N4O4S/c1-20-9-15-24(16-10-20)39(36,37)34-26-8-6-5-7-21(26)17-27(34)28(35)25-18-32-33(29(25)31)22-11-13-23(14-12-22)38-19-30(2,3)4/h5-18H,19,31H2,1-4H3. The van der Waals surface area contributed by atoms with Gasteiger partial charge in [0.25, 0.3) is 10.0 Å². The summed E-state index contributed by atoms with van der Waals surface area (Å²) in [7, 11) is -4.09. The number of aryl methyl sites for hydroxylation is 1. The maximum Gasteiger partial charge on any atom is 0.268 e. The van der Waals surface area contributed by atoms with E-state index in [0.29, 0.717) is 28.9 Å². The fourth-order valence-electron chi connectivity index (χ4n) is 4.22. The van der Waals surface area contributed by atoms with Gasteiger partial charge in [-0.3, -0.25) is 4.79 Å². The molecule has 0 atom stereocenters. The molecule has 0 bridgehead atoms. The summed E-state index contributed by atoms with van der Waals surface area (Å²) < 4.78 is 35.9. The van der Waals surface area contributed by atoms with Gasteiger partial charge in [0.2, 0.25) is 5.78 Å². The molecule has 3 aromatic carbocycles. The molecule has 0 amide bonds. The van der Waals surface area contributed by atoms with E-state index in [9.17, 15) is 13.2 Å². The number of aromatic nitrogens is 3. The second-order valence-electron chi connectivity index (χ2n) is 10.7. The normalized spacial score (nSPS) is 12.1. The maximum absolute atomic E-state index is 13.8. The molecule has 5 rings (SSSR count). The van der Waals surface area contributed by atoms with Crippen LogP contribution in [0.1, 0.15) is 42.4 Å². The molecular weight excluding hydrogens is 512 g/mol. The molecule has 0 saturated carbocycles. The summed E-state index contributed by atoms with van der Waals surface area (Å²) >= 11 is 0. The van der Waals surface area contributed by atoms with Crippen molar-refractivity contribution >= 4 is 32.5 Å². The van der Waals surface area contributed by atoms with Gasteiger partial charge in [0, 0.05) is 5.39 Å². The number of ketones is 1. The summed E-state index contributed by atoms with van der Waals surface area (Å²) in [5, 5.41) is 4.95. The molecule has 0 saturated heterocycles. The van der Waals surface area contributed by atoms with E-state index in [4.69, 9.17) is 10.5 Å². The molecule has 5 aromatic rings. The molecule has 2 N–H and O–H groups in total. The average molecular weight is 543 g/mol. The van der Waals surface area contributed by atoms with Crippen LogP contribution >= 0.6 is 0 Å². The number of rotatable bonds is 7. The minimum atomic E-state index is -4.09. The largest absolute Gasteiger partial charge is 0.493 e. The van der Waals surface area contributed by atoms with E-state index < -0.39 is 15.8 Å². The molecule has 2 aromatic heterocycles. The number of hydrogen-bond donors (Lipinski definition) is 1. The summed E-state index contributed by atoms with van der Waals surface area (Å²) in [5.41, 5.74) is 8.48. The summed E-state index contributed by atoms with van der Waals surface area (Å²) in [4.78, 5) is 13.9. The van der Waals surface area contributed by atoms with Crippen molar-refractivity contribution in [1.82, 2.24) is 13.8 Å². The van der Waals surface area contributed by atoms with Crippen molar-refractivity contribution < 1.29 is 17.9 Å². The first kappa shape index (κ1) is 26.2. The molecule has 0 aliphatic carbocycles.